The van der Waals surface area contributed by atoms with E-state index in [4.69, 9.17) is 36.8 Å². The van der Waals surface area contributed by atoms with Crippen molar-refractivity contribution in [1.82, 2.24) is 4.90 Å². The number of carboxylic acid groups (broad SMARTS) is 3. The summed E-state index contributed by atoms with van der Waals surface area (Å²) in [5.41, 5.74) is 0.898. The second kappa shape index (κ2) is 16.9. The van der Waals surface area contributed by atoms with Crippen molar-refractivity contribution < 1.29 is 39.5 Å². The Bertz CT molecular complexity index is 1180. The largest absolute Gasteiger partial charge is 0.492 e. The lowest BCUT2D eigenvalue weighted by atomic mass is 9.94. The molecule has 2 aromatic carbocycles. The van der Waals surface area contributed by atoms with E-state index in [9.17, 15) is 19.6 Å². The van der Waals surface area contributed by atoms with E-state index >= 15 is 0 Å². The molecule has 11 heteroatoms. The molecule has 0 amide bonds. The van der Waals surface area contributed by atoms with Gasteiger partial charge in [0.15, 0.2) is 5.60 Å². The number of halogens is 1. The first-order valence-corrected chi connectivity index (χ1v) is 13.0. The molecule has 0 saturated heterocycles. The summed E-state index contributed by atoms with van der Waals surface area (Å²) in [5.74, 6) is -4.19. The van der Waals surface area contributed by atoms with Crippen LogP contribution in [0.3, 0.4) is 0 Å². The van der Waals surface area contributed by atoms with Gasteiger partial charge in [0.1, 0.15) is 18.4 Å². The molecule has 0 unspecified atom stereocenters. The quantitative estimate of drug-likeness (QED) is 0.184. The van der Waals surface area contributed by atoms with Gasteiger partial charge in [0.05, 0.1) is 18.4 Å². The highest BCUT2D eigenvalue weighted by Gasteiger charge is 2.40. The molecule has 40 heavy (non-hydrogen) atoms. The minimum absolute atomic E-state index is 0.660. The predicted molar refractivity (Wildman–Crippen MR) is 151 cm³/mol. The molecule has 0 aliphatic heterocycles. The van der Waals surface area contributed by atoms with Gasteiger partial charge in [0, 0.05) is 11.6 Å². The number of hydrogen-bond donors (Lipinski definition) is 4. The van der Waals surface area contributed by atoms with Crippen LogP contribution in [0.4, 0.5) is 0 Å². The van der Waals surface area contributed by atoms with E-state index in [2.05, 4.69) is 31.7 Å². The van der Waals surface area contributed by atoms with Crippen LogP contribution in [0.2, 0.25) is 5.02 Å². The van der Waals surface area contributed by atoms with Crippen LogP contribution in [0.1, 0.15) is 51.2 Å². The molecule has 4 N–H and O–H groups in total. The number of nitrogens with zero attached hydrogens (tertiary/aromatic N) is 2. The number of hydrogen-bond acceptors (Lipinski definition) is 7. The molecule has 0 aromatic heterocycles. The highest BCUT2D eigenvalue weighted by atomic mass is 35.5. The Morgan fingerprint density at radius 3 is 1.80 bits per heavy atom. The molecule has 0 heterocycles. The van der Waals surface area contributed by atoms with E-state index in [1.54, 1.807) is 0 Å². The summed E-state index contributed by atoms with van der Waals surface area (Å²) in [6.07, 6.45) is -1.52. The number of aliphatic carboxylic acids is 3. The SMILES string of the molecule is CC/C(=C(/C#N)c1ccc(OCCN(CC)CC)cc1)c1ccc(Cl)cc1.O=C(O)CC(O)(CC(=O)O)C(=O)O. The molecule has 0 aliphatic carbocycles. The zero-order valence-corrected chi connectivity index (χ0v) is 23.5. The molecule has 10 nitrogen and oxygen atoms in total. The maximum atomic E-state index is 10.3. The maximum Gasteiger partial charge on any atom is 0.336 e. The van der Waals surface area contributed by atoms with E-state index in [1.807, 2.05) is 48.5 Å². The number of carboxylic acids is 3. The fourth-order valence-corrected chi connectivity index (χ4v) is 3.87. The summed E-state index contributed by atoms with van der Waals surface area (Å²) < 4.78 is 5.84. The van der Waals surface area contributed by atoms with Gasteiger partial charge < -0.3 is 30.1 Å². The zero-order valence-electron chi connectivity index (χ0n) is 22.8. The highest BCUT2D eigenvalue weighted by molar-refractivity contribution is 6.30. The Labute approximate surface area is 238 Å². The number of benzene rings is 2. The van der Waals surface area contributed by atoms with E-state index < -0.39 is 36.4 Å². The molecular weight excluding hydrogens is 540 g/mol. The van der Waals surface area contributed by atoms with E-state index in [0.717, 1.165) is 48.5 Å². The number of allylic oxidation sites excluding steroid dienone is 2. The van der Waals surface area contributed by atoms with Crippen molar-refractivity contribution in [2.75, 3.05) is 26.2 Å². The molecule has 0 aliphatic rings. The summed E-state index contributed by atoms with van der Waals surface area (Å²) in [7, 11) is 0. The lowest BCUT2D eigenvalue weighted by molar-refractivity contribution is -0.170. The van der Waals surface area contributed by atoms with E-state index in [1.165, 1.54) is 0 Å². The summed E-state index contributed by atoms with van der Waals surface area (Å²) in [4.78, 5) is 32.8. The molecular formula is C29H35ClN2O8. The van der Waals surface area contributed by atoms with E-state index in [-0.39, 0.29) is 0 Å². The number of nitriles is 1. The summed E-state index contributed by atoms with van der Waals surface area (Å²) >= 11 is 5.99. The second-order valence-corrected chi connectivity index (χ2v) is 9.14. The predicted octanol–water partition coefficient (Wildman–Crippen LogP) is 4.66. The average molecular weight is 575 g/mol. The summed E-state index contributed by atoms with van der Waals surface area (Å²) in [6.45, 7) is 9.99. The van der Waals surface area contributed by atoms with Crippen LogP contribution in [0, 0.1) is 11.3 Å². The first-order valence-electron chi connectivity index (χ1n) is 12.6. The number of carbonyl (C=O) groups is 3. The van der Waals surface area contributed by atoms with Gasteiger partial charge in [-0.2, -0.15) is 5.26 Å². The van der Waals surface area contributed by atoms with Gasteiger partial charge in [0.25, 0.3) is 0 Å². The fourth-order valence-electron chi connectivity index (χ4n) is 3.75. The summed E-state index contributed by atoms with van der Waals surface area (Å²) in [5, 5.41) is 44.3. The Balaban J connectivity index is 0.000000520. The molecule has 0 saturated carbocycles. The first-order chi connectivity index (χ1) is 18.9. The molecule has 0 atom stereocenters. The number of rotatable bonds is 14. The van der Waals surface area contributed by atoms with Crippen LogP contribution >= 0.6 is 11.6 Å². The minimum Gasteiger partial charge on any atom is -0.492 e. The number of aliphatic hydroxyl groups is 1. The van der Waals surface area contributed by atoms with Crippen LogP contribution in [-0.4, -0.2) is 75.1 Å². The smallest absolute Gasteiger partial charge is 0.336 e. The topological polar surface area (TPSA) is 168 Å². The molecule has 216 valence electrons. The molecule has 2 rings (SSSR count). The standard InChI is InChI=1S/C23H27ClN2O.C6H8O7/c1-4-22(18-7-11-20(24)12-8-18)23(17-25)19-9-13-21(14-10-19)27-16-15-26(5-2)6-3;7-3(8)1-6(13,5(11)12)2-4(9)10/h7-14H,4-6,15-16H2,1-3H3;13H,1-2H2,(H,7,8)(H,9,10)(H,11,12)/b23-22+;. The van der Waals surface area contributed by atoms with Crippen LogP contribution < -0.4 is 4.74 Å². The Morgan fingerprint density at radius 1 is 0.900 bits per heavy atom. The third-order valence-electron chi connectivity index (χ3n) is 5.96. The monoisotopic (exact) mass is 574 g/mol. The van der Waals surface area contributed by atoms with Crippen molar-refractivity contribution in [2.24, 2.45) is 0 Å². The minimum atomic E-state index is -2.74. The first kappa shape index (κ1) is 34.1. The van der Waals surface area contributed by atoms with Gasteiger partial charge in [-0.3, -0.25) is 9.59 Å². The van der Waals surface area contributed by atoms with E-state index in [0.29, 0.717) is 17.2 Å². The summed E-state index contributed by atoms with van der Waals surface area (Å²) in [6, 6.07) is 17.8. The van der Waals surface area contributed by atoms with Crippen molar-refractivity contribution in [2.45, 2.75) is 45.6 Å². The molecule has 0 radical (unpaired) electrons. The van der Waals surface area contributed by atoms with Crippen molar-refractivity contribution in [3.63, 3.8) is 0 Å². The molecule has 0 bridgehead atoms. The molecule has 0 fully saturated rings. The van der Waals surface area contributed by atoms with Crippen LogP contribution in [0.15, 0.2) is 48.5 Å². The van der Waals surface area contributed by atoms with Gasteiger partial charge in [-0.25, -0.2) is 4.79 Å². The third-order valence-corrected chi connectivity index (χ3v) is 6.21. The zero-order chi connectivity index (χ0) is 30.3. The van der Waals surface area contributed by atoms with Crippen LogP contribution in [-0.2, 0) is 14.4 Å². The van der Waals surface area contributed by atoms with Gasteiger partial charge in [-0.15, -0.1) is 0 Å². The average Bonchev–Trinajstić information content (AvgIpc) is 2.90. The number of likely N-dealkylation sites (N-methyl/N-ethyl adjacent to an activating group) is 1. The normalized spacial score (nSPS) is 11.5. The molecule has 2 aromatic rings. The van der Waals surface area contributed by atoms with Crippen molar-refractivity contribution in [3.8, 4) is 11.8 Å². The van der Waals surface area contributed by atoms with Crippen LogP contribution in [0.5, 0.6) is 5.75 Å². The third kappa shape index (κ3) is 11.1. The Morgan fingerprint density at radius 2 is 1.40 bits per heavy atom. The molecule has 0 spiro atoms. The highest BCUT2D eigenvalue weighted by Crippen LogP contribution is 2.30. The van der Waals surface area contributed by atoms with Gasteiger partial charge >= 0.3 is 17.9 Å². The lowest BCUT2D eigenvalue weighted by Crippen LogP contribution is -2.42. The van der Waals surface area contributed by atoms with Crippen molar-refractivity contribution in [3.05, 3.63) is 64.7 Å². The number of ether oxygens (including phenoxy) is 1. The Kier molecular flexibility index (Phi) is 14.4. The Hall–Kier alpha value is -3.91. The van der Waals surface area contributed by atoms with Crippen LogP contribution in [0.25, 0.3) is 11.1 Å². The van der Waals surface area contributed by atoms with Crippen molar-refractivity contribution in [1.29, 1.82) is 5.26 Å². The lowest BCUT2D eigenvalue weighted by Gasteiger charge is -2.18. The maximum absolute atomic E-state index is 10.3. The van der Waals surface area contributed by atoms with Gasteiger partial charge in [0.2, 0.25) is 0 Å². The van der Waals surface area contributed by atoms with Gasteiger partial charge in [-0.1, -0.05) is 44.5 Å². The van der Waals surface area contributed by atoms with Crippen molar-refractivity contribution >= 4 is 40.7 Å². The second-order valence-electron chi connectivity index (χ2n) is 8.70. The fraction of sp³-hybridized carbons (Fsp3) is 0.379. The van der Waals surface area contributed by atoms with Gasteiger partial charge in [-0.05, 0) is 72.6 Å².